The van der Waals surface area contributed by atoms with Crippen LogP contribution in [0.1, 0.15) is 20.7 Å². The molecule has 8 nitrogen and oxygen atoms in total. The molecule has 0 aliphatic rings. The molecule has 188 valence electrons. The van der Waals surface area contributed by atoms with Crippen LogP contribution in [0.4, 0.5) is 11.4 Å². The molecule has 4 N–H and O–H groups in total. The van der Waals surface area contributed by atoms with E-state index >= 15 is 0 Å². The number of rotatable bonds is 5. The summed E-state index contributed by atoms with van der Waals surface area (Å²) in [4.78, 5) is 36.4. The second-order valence-corrected chi connectivity index (χ2v) is 9.33. The second-order valence-electron chi connectivity index (χ2n) is 9.33. The van der Waals surface area contributed by atoms with Crippen LogP contribution in [-0.2, 0) is 0 Å². The van der Waals surface area contributed by atoms with Crippen LogP contribution >= 0.6 is 0 Å². The Morgan fingerprint density at radius 3 is 1.87 bits per heavy atom. The molecule has 0 saturated carbocycles. The molecule has 0 fully saturated rings. The number of hydrogen-bond acceptors (Lipinski definition) is 3. The van der Waals surface area contributed by atoms with E-state index in [1.165, 1.54) is 0 Å². The lowest BCUT2D eigenvalue weighted by atomic mass is 10.1. The van der Waals surface area contributed by atoms with E-state index in [-0.39, 0.29) is 11.8 Å². The Morgan fingerprint density at radius 1 is 0.641 bits per heavy atom. The highest BCUT2D eigenvalue weighted by Crippen LogP contribution is 2.24. The first-order valence-electron chi connectivity index (χ1n) is 12.5. The molecule has 0 unspecified atom stereocenters. The number of benzene rings is 4. The fourth-order valence-electron chi connectivity index (χ4n) is 4.80. The molecule has 7 rings (SSSR count). The Labute approximate surface area is 222 Å². The van der Waals surface area contributed by atoms with E-state index in [4.69, 9.17) is 0 Å². The zero-order valence-electron chi connectivity index (χ0n) is 20.6. The molecule has 0 bridgehead atoms. The third kappa shape index (κ3) is 4.19. The molecular formula is C31H22N6O2. The fraction of sp³-hybridized carbons (Fsp3) is 0. The van der Waals surface area contributed by atoms with Crippen LogP contribution in [0.5, 0.6) is 0 Å². The second kappa shape index (κ2) is 9.04. The van der Waals surface area contributed by atoms with Gasteiger partial charge in [0.15, 0.2) is 0 Å². The maximum Gasteiger partial charge on any atom is 0.255 e. The summed E-state index contributed by atoms with van der Waals surface area (Å²) in [5.74, 6) is -0.343. The Balaban J connectivity index is 1.07. The minimum Gasteiger partial charge on any atom is -0.361 e. The van der Waals surface area contributed by atoms with Gasteiger partial charge in [-0.25, -0.2) is 4.98 Å². The molecule has 0 radical (unpaired) electrons. The topological polar surface area (TPSA) is 108 Å². The molecule has 0 aliphatic heterocycles. The van der Waals surface area contributed by atoms with E-state index in [9.17, 15) is 9.59 Å². The molecule has 3 heterocycles. The van der Waals surface area contributed by atoms with Crippen LogP contribution < -0.4 is 10.6 Å². The highest BCUT2D eigenvalue weighted by molar-refractivity contribution is 6.07. The molecular weight excluding hydrogens is 488 g/mol. The predicted molar refractivity (Wildman–Crippen MR) is 154 cm³/mol. The van der Waals surface area contributed by atoms with Gasteiger partial charge >= 0.3 is 0 Å². The van der Waals surface area contributed by atoms with Crippen LogP contribution in [0.25, 0.3) is 38.5 Å². The summed E-state index contributed by atoms with van der Waals surface area (Å²) in [7, 11) is 0. The first kappa shape index (κ1) is 22.6. The maximum atomic E-state index is 12.8. The minimum atomic E-state index is -0.178. The number of nitrogens with one attached hydrogen (secondary N) is 4. The zero-order chi connectivity index (χ0) is 26.3. The summed E-state index contributed by atoms with van der Waals surface area (Å²) < 4.78 is 1.96. The van der Waals surface area contributed by atoms with Crippen molar-refractivity contribution >= 4 is 56.0 Å². The molecule has 8 heteroatoms. The molecule has 0 saturated heterocycles. The molecule has 39 heavy (non-hydrogen) atoms. The molecule has 0 spiro atoms. The number of aromatic amines is 2. The highest BCUT2D eigenvalue weighted by atomic mass is 16.2. The number of fused-ring (bicyclic) bond motifs is 3. The average molecular weight is 511 g/mol. The summed E-state index contributed by atoms with van der Waals surface area (Å²) in [5.41, 5.74) is 7.10. The van der Waals surface area contributed by atoms with Crippen LogP contribution in [0.3, 0.4) is 0 Å². The van der Waals surface area contributed by atoms with E-state index in [1.54, 1.807) is 18.5 Å². The number of nitrogens with zero attached hydrogens (tertiary/aromatic N) is 2. The quantitative estimate of drug-likeness (QED) is 0.212. The van der Waals surface area contributed by atoms with Crippen molar-refractivity contribution in [2.75, 3.05) is 10.6 Å². The van der Waals surface area contributed by atoms with Gasteiger partial charge in [0.1, 0.15) is 6.33 Å². The van der Waals surface area contributed by atoms with Gasteiger partial charge in [-0.15, -0.1) is 0 Å². The minimum absolute atomic E-state index is 0.165. The summed E-state index contributed by atoms with van der Waals surface area (Å²) in [6, 6.07) is 28.2. The lowest BCUT2D eigenvalue weighted by Crippen LogP contribution is -2.11. The van der Waals surface area contributed by atoms with Crippen molar-refractivity contribution in [3.05, 3.63) is 121 Å². The maximum absolute atomic E-state index is 12.8. The van der Waals surface area contributed by atoms with E-state index in [0.29, 0.717) is 22.5 Å². The first-order chi connectivity index (χ1) is 19.1. The van der Waals surface area contributed by atoms with Crippen molar-refractivity contribution in [3.63, 3.8) is 0 Å². The van der Waals surface area contributed by atoms with Crippen LogP contribution in [0, 0.1) is 0 Å². The largest absolute Gasteiger partial charge is 0.361 e. The standard InChI is InChI=1S/C31H22N6O2/c38-30(21-1-8-26-19(15-21)11-13-32-26)35-23-3-6-25(7-4-23)37-18-34-28-17-24(5-10-29(28)37)36-31(39)22-2-9-27-20(16-22)12-14-33-27/h1-18,32-33H,(H,35,38)(H,36,39). The number of aromatic nitrogens is 4. The van der Waals surface area contributed by atoms with Gasteiger partial charge in [-0.05, 0) is 91.0 Å². The lowest BCUT2D eigenvalue weighted by molar-refractivity contribution is 0.101. The smallest absolute Gasteiger partial charge is 0.255 e. The van der Waals surface area contributed by atoms with E-state index in [1.807, 2.05) is 95.8 Å². The Hall–Kier alpha value is -5.63. The molecule has 2 amide bonds. The molecule has 4 aromatic carbocycles. The van der Waals surface area contributed by atoms with Crippen LogP contribution in [0.15, 0.2) is 110 Å². The van der Waals surface area contributed by atoms with Crippen molar-refractivity contribution < 1.29 is 9.59 Å². The van der Waals surface area contributed by atoms with Gasteiger partial charge in [0, 0.05) is 62.4 Å². The Bertz CT molecular complexity index is 2010. The SMILES string of the molecule is O=C(Nc1ccc(-n2cnc3cc(NC(=O)c4ccc5[nH]ccc5c4)ccc32)cc1)c1ccc2[nH]ccc2c1. The van der Waals surface area contributed by atoms with Crippen molar-refractivity contribution in [2.45, 2.75) is 0 Å². The number of carbonyl (C=O) groups excluding carboxylic acids is 2. The van der Waals surface area contributed by atoms with Gasteiger partial charge in [0.25, 0.3) is 11.8 Å². The average Bonchev–Trinajstić information content (AvgIpc) is 3.72. The van der Waals surface area contributed by atoms with Crippen molar-refractivity contribution in [2.24, 2.45) is 0 Å². The molecule has 0 atom stereocenters. The van der Waals surface area contributed by atoms with Gasteiger partial charge in [-0.2, -0.15) is 0 Å². The lowest BCUT2D eigenvalue weighted by Gasteiger charge is -2.09. The number of carbonyl (C=O) groups is 2. The first-order valence-corrected chi connectivity index (χ1v) is 12.5. The number of H-pyrrole nitrogens is 2. The van der Waals surface area contributed by atoms with Gasteiger partial charge in [-0.1, -0.05) is 0 Å². The number of amides is 2. The van der Waals surface area contributed by atoms with Crippen molar-refractivity contribution in [1.82, 2.24) is 19.5 Å². The molecule has 3 aromatic heterocycles. The monoisotopic (exact) mass is 510 g/mol. The predicted octanol–water partition coefficient (Wildman–Crippen LogP) is 6.49. The van der Waals surface area contributed by atoms with Gasteiger partial charge < -0.3 is 20.6 Å². The summed E-state index contributed by atoms with van der Waals surface area (Å²) in [6.45, 7) is 0. The summed E-state index contributed by atoms with van der Waals surface area (Å²) in [6.07, 6.45) is 5.45. The third-order valence-corrected chi connectivity index (χ3v) is 6.84. The van der Waals surface area contributed by atoms with Crippen LogP contribution in [0.2, 0.25) is 0 Å². The zero-order valence-corrected chi connectivity index (χ0v) is 20.6. The van der Waals surface area contributed by atoms with Gasteiger partial charge in [-0.3, -0.25) is 14.2 Å². The van der Waals surface area contributed by atoms with Crippen LogP contribution in [-0.4, -0.2) is 31.3 Å². The summed E-state index contributed by atoms with van der Waals surface area (Å²) >= 11 is 0. The number of anilines is 2. The highest BCUT2D eigenvalue weighted by Gasteiger charge is 2.11. The van der Waals surface area contributed by atoms with E-state index < -0.39 is 0 Å². The van der Waals surface area contributed by atoms with Gasteiger partial charge in [0.2, 0.25) is 0 Å². The van der Waals surface area contributed by atoms with Gasteiger partial charge in [0.05, 0.1) is 11.0 Å². The van der Waals surface area contributed by atoms with Crippen molar-refractivity contribution in [1.29, 1.82) is 0 Å². The van der Waals surface area contributed by atoms with E-state index in [0.717, 1.165) is 38.5 Å². The molecule has 0 aliphatic carbocycles. The molecule has 7 aromatic rings. The Morgan fingerprint density at radius 2 is 1.23 bits per heavy atom. The Kier molecular flexibility index (Phi) is 5.23. The fourth-order valence-corrected chi connectivity index (χ4v) is 4.80. The number of imidazole rings is 1. The van der Waals surface area contributed by atoms with Crippen molar-refractivity contribution in [3.8, 4) is 5.69 Å². The third-order valence-electron chi connectivity index (χ3n) is 6.84. The summed E-state index contributed by atoms with van der Waals surface area (Å²) in [5, 5.41) is 7.90. The van der Waals surface area contributed by atoms with E-state index in [2.05, 4.69) is 25.6 Å². The normalized spacial score (nSPS) is 11.3. The number of hydrogen-bond donors (Lipinski definition) is 4.